The number of nitrogens with one attached hydrogen (secondary N) is 1. The van der Waals surface area contributed by atoms with Crippen molar-refractivity contribution in [3.8, 4) is 0 Å². The lowest BCUT2D eigenvalue weighted by molar-refractivity contribution is 0.0664. The van der Waals surface area contributed by atoms with E-state index < -0.39 is 6.04 Å². The lowest BCUT2D eigenvalue weighted by atomic mass is 10.1. The summed E-state index contributed by atoms with van der Waals surface area (Å²) >= 11 is 3.41. The third-order valence-electron chi connectivity index (χ3n) is 5.56. The molecule has 1 unspecified atom stereocenters. The molecule has 2 aromatic heterocycles. The molecule has 9 heteroatoms. The van der Waals surface area contributed by atoms with Gasteiger partial charge < -0.3 is 10.6 Å². The Balaban J connectivity index is 1.84. The van der Waals surface area contributed by atoms with Crippen molar-refractivity contribution in [1.29, 1.82) is 0 Å². The monoisotopic (exact) mass is 508 g/mol. The van der Waals surface area contributed by atoms with E-state index in [0.717, 1.165) is 10.0 Å². The van der Waals surface area contributed by atoms with Gasteiger partial charge in [-0.15, -0.1) is 0 Å². The number of benzene rings is 2. The van der Waals surface area contributed by atoms with Crippen molar-refractivity contribution < 1.29 is 4.79 Å². The number of nitrogens with two attached hydrogens (primary N) is 1. The zero-order chi connectivity index (χ0) is 23.4. The van der Waals surface area contributed by atoms with Crippen molar-refractivity contribution in [2.75, 3.05) is 13.1 Å². The van der Waals surface area contributed by atoms with Crippen LogP contribution < -0.4 is 11.3 Å². The summed E-state index contributed by atoms with van der Waals surface area (Å²) in [6.07, 6.45) is 2.05. The number of aromatic amines is 1. The molecule has 2 heterocycles. The highest BCUT2D eigenvalue weighted by atomic mass is 79.9. The summed E-state index contributed by atoms with van der Waals surface area (Å²) in [4.78, 5) is 33.4. The zero-order valence-corrected chi connectivity index (χ0v) is 19.8. The molecule has 0 saturated heterocycles. The van der Waals surface area contributed by atoms with Crippen LogP contribution in [0.4, 0.5) is 0 Å². The minimum atomic E-state index is -0.450. The summed E-state index contributed by atoms with van der Waals surface area (Å²) in [6, 6.07) is 16.5. The third-order valence-corrected chi connectivity index (χ3v) is 6.09. The van der Waals surface area contributed by atoms with E-state index in [0.29, 0.717) is 41.9 Å². The number of aromatic nitrogens is 4. The summed E-state index contributed by atoms with van der Waals surface area (Å²) in [5.41, 5.74) is 7.61. The van der Waals surface area contributed by atoms with Gasteiger partial charge in [-0.25, -0.2) is 4.98 Å². The maximum Gasteiger partial charge on any atom is 0.265 e. The molecule has 0 aliphatic carbocycles. The number of fused-ring (bicyclic) bond motifs is 1. The van der Waals surface area contributed by atoms with Crippen molar-refractivity contribution in [2.24, 2.45) is 5.73 Å². The smallest absolute Gasteiger partial charge is 0.265 e. The average molecular weight is 509 g/mol. The van der Waals surface area contributed by atoms with Crippen LogP contribution >= 0.6 is 15.9 Å². The molecular weight excluding hydrogens is 484 g/mol. The largest absolute Gasteiger partial charge is 0.329 e. The maximum absolute atomic E-state index is 13.5. The van der Waals surface area contributed by atoms with Gasteiger partial charge in [0.1, 0.15) is 11.2 Å². The SMILES string of the molecule is CCC(c1nc2[nH]ncc2c(=O)n1Cc1ccccc1)N(CCN)C(=O)c1ccc(Br)cc1. The molecule has 4 rings (SSSR count). The van der Waals surface area contributed by atoms with Gasteiger partial charge >= 0.3 is 0 Å². The predicted molar refractivity (Wildman–Crippen MR) is 131 cm³/mol. The highest BCUT2D eigenvalue weighted by Gasteiger charge is 2.29. The van der Waals surface area contributed by atoms with E-state index in [9.17, 15) is 9.59 Å². The van der Waals surface area contributed by atoms with Crippen LogP contribution in [0.15, 0.2) is 70.1 Å². The molecule has 170 valence electrons. The van der Waals surface area contributed by atoms with Crippen LogP contribution in [0.1, 0.15) is 41.1 Å². The molecule has 1 atom stereocenters. The van der Waals surface area contributed by atoms with E-state index >= 15 is 0 Å². The number of H-pyrrole nitrogens is 1. The second kappa shape index (κ2) is 10.1. The van der Waals surface area contributed by atoms with Crippen LogP contribution in [0.5, 0.6) is 0 Å². The van der Waals surface area contributed by atoms with Gasteiger partial charge in [0.05, 0.1) is 18.8 Å². The first-order chi connectivity index (χ1) is 16.0. The molecule has 0 spiro atoms. The van der Waals surface area contributed by atoms with Crippen molar-refractivity contribution in [3.63, 3.8) is 0 Å². The molecule has 0 bridgehead atoms. The second-order valence-corrected chi connectivity index (χ2v) is 8.61. The zero-order valence-electron chi connectivity index (χ0n) is 18.2. The minimum Gasteiger partial charge on any atom is -0.329 e. The highest BCUT2D eigenvalue weighted by Crippen LogP contribution is 2.26. The number of carbonyl (C=O) groups excluding carboxylic acids is 1. The molecule has 33 heavy (non-hydrogen) atoms. The molecule has 1 amide bonds. The van der Waals surface area contributed by atoms with Gasteiger partial charge in [-0.1, -0.05) is 53.2 Å². The molecule has 0 fully saturated rings. The number of hydrogen-bond donors (Lipinski definition) is 2. The molecule has 3 N–H and O–H groups in total. The molecule has 0 aliphatic heterocycles. The number of halogens is 1. The summed E-state index contributed by atoms with van der Waals surface area (Å²) in [6.45, 7) is 2.92. The van der Waals surface area contributed by atoms with E-state index in [1.54, 1.807) is 21.6 Å². The Morgan fingerprint density at radius 1 is 1.18 bits per heavy atom. The van der Waals surface area contributed by atoms with Gasteiger partial charge in [0.15, 0.2) is 5.65 Å². The Hall–Kier alpha value is -3.30. The van der Waals surface area contributed by atoms with E-state index in [-0.39, 0.29) is 18.0 Å². The van der Waals surface area contributed by atoms with Crippen LogP contribution in [0.3, 0.4) is 0 Å². The molecule has 2 aromatic carbocycles. The number of carbonyl (C=O) groups is 1. The lowest BCUT2D eigenvalue weighted by Crippen LogP contribution is -2.41. The van der Waals surface area contributed by atoms with E-state index in [1.807, 2.05) is 49.4 Å². The fourth-order valence-corrected chi connectivity index (χ4v) is 4.22. The number of amides is 1. The number of hydrogen-bond acceptors (Lipinski definition) is 5. The molecule has 0 radical (unpaired) electrons. The average Bonchev–Trinajstić information content (AvgIpc) is 3.31. The predicted octanol–water partition coefficient (Wildman–Crippen LogP) is 3.48. The van der Waals surface area contributed by atoms with Gasteiger partial charge in [-0.3, -0.25) is 19.3 Å². The second-order valence-electron chi connectivity index (χ2n) is 7.70. The Morgan fingerprint density at radius 3 is 2.58 bits per heavy atom. The summed E-state index contributed by atoms with van der Waals surface area (Å²) in [7, 11) is 0. The fourth-order valence-electron chi connectivity index (χ4n) is 3.96. The first-order valence-electron chi connectivity index (χ1n) is 10.8. The lowest BCUT2D eigenvalue weighted by Gasteiger charge is -2.32. The fraction of sp³-hybridized carbons (Fsp3) is 0.250. The van der Waals surface area contributed by atoms with Crippen molar-refractivity contribution in [3.05, 3.63) is 92.6 Å². The maximum atomic E-state index is 13.5. The Kier molecular flexibility index (Phi) is 7.00. The first-order valence-corrected chi connectivity index (χ1v) is 11.6. The number of nitrogens with zero attached hydrogens (tertiary/aromatic N) is 4. The van der Waals surface area contributed by atoms with Crippen LogP contribution in [0, 0.1) is 0 Å². The Bertz CT molecular complexity index is 1300. The third kappa shape index (κ3) is 4.74. The molecular formula is C24H25BrN6O2. The minimum absolute atomic E-state index is 0.162. The van der Waals surface area contributed by atoms with Crippen LogP contribution in [0.2, 0.25) is 0 Å². The van der Waals surface area contributed by atoms with Crippen molar-refractivity contribution >= 4 is 32.9 Å². The van der Waals surface area contributed by atoms with Gasteiger partial charge in [-0.05, 0) is 36.2 Å². The summed E-state index contributed by atoms with van der Waals surface area (Å²) in [5, 5.41) is 7.22. The topological polar surface area (TPSA) is 110 Å². The Labute approximate surface area is 199 Å². The van der Waals surface area contributed by atoms with Crippen LogP contribution in [-0.4, -0.2) is 43.6 Å². The normalized spacial score (nSPS) is 12.1. The number of rotatable bonds is 8. The summed E-state index contributed by atoms with van der Waals surface area (Å²) < 4.78 is 2.53. The molecule has 0 aliphatic rings. The molecule has 8 nitrogen and oxygen atoms in total. The first kappa shape index (κ1) is 22.9. The van der Waals surface area contributed by atoms with Gasteiger partial charge in [0, 0.05) is 23.1 Å². The summed E-state index contributed by atoms with van der Waals surface area (Å²) in [5.74, 6) is 0.340. The Morgan fingerprint density at radius 2 is 1.91 bits per heavy atom. The van der Waals surface area contributed by atoms with Crippen LogP contribution in [-0.2, 0) is 6.54 Å². The quantitative estimate of drug-likeness (QED) is 0.378. The highest BCUT2D eigenvalue weighted by molar-refractivity contribution is 9.10. The standard InChI is InChI=1S/C24H25BrN6O2/c1-2-20(30(13-12-26)23(32)17-8-10-18(25)11-9-17)22-28-21-19(14-27-29-21)24(33)31(22)15-16-6-4-3-5-7-16/h3-11,14,20H,2,12-13,15,26H2,1H3,(H,27,29). The van der Waals surface area contributed by atoms with E-state index in [4.69, 9.17) is 10.7 Å². The van der Waals surface area contributed by atoms with Gasteiger partial charge in [0.25, 0.3) is 11.5 Å². The van der Waals surface area contributed by atoms with E-state index in [1.165, 1.54) is 6.20 Å². The molecule has 0 saturated carbocycles. The van der Waals surface area contributed by atoms with Gasteiger partial charge in [-0.2, -0.15) is 5.10 Å². The van der Waals surface area contributed by atoms with Crippen molar-refractivity contribution in [2.45, 2.75) is 25.9 Å². The van der Waals surface area contributed by atoms with E-state index in [2.05, 4.69) is 26.1 Å². The van der Waals surface area contributed by atoms with Crippen molar-refractivity contribution in [1.82, 2.24) is 24.6 Å². The molecule has 4 aromatic rings. The van der Waals surface area contributed by atoms with Crippen LogP contribution in [0.25, 0.3) is 11.0 Å². The van der Waals surface area contributed by atoms with Gasteiger partial charge in [0.2, 0.25) is 0 Å².